The minimum atomic E-state index is -2.40. The summed E-state index contributed by atoms with van der Waals surface area (Å²) >= 11 is 0. The topological polar surface area (TPSA) is 32.3 Å². The van der Waals surface area contributed by atoms with Gasteiger partial charge < -0.3 is 9.22 Å². The van der Waals surface area contributed by atoms with Gasteiger partial charge in [0.05, 0.1) is 8.56 Å². The van der Waals surface area contributed by atoms with Crippen LogP contribution in [0.4, 0.5) is 0 Å². The number of hydrogen-bond acceptors (Lipinski definition) is 2. The standard InChI is InChI=1S/C6H13O2Si.K/c1-6-4-3-5-9(2,7)8-6;/h6H,3-5H2,1-2H3;/q-1;+1. The third kappa shape index (κ3) is 3.97. The molecule has 4 heteroatoms. The first-order valence-electron chi connectivity index (χ1n) is 3.48. The van der Waals surface area contributed by atoms with Crippen molar-refractivity contribution in [3.63, 3.8) is 0 Å². The summed E-state index contributed by atoms with van der Waals surface area (Å²) in [7, 11) is -2.40. The van der Waals surface area contributed by atoms with Crippen molar-refractivity contribution >= 4 is 8.56 Å². The molecule has 1 aliphatic rings. The van der Waals surface area contributed by atoms with Crippen molar-refractivity contribution in [2.75, 3.05) is 0 Å². The van der Waals surface area contributed by atoms with E-state index in [9.17, 15) is 4.80 Å². The minimum absolute atomic E-state index is 0. The summed E-state index contributed by atoms with van der Waals surface area (Å²) in [5.74, 6) is 0. The Balaban J connectivity index is 0.000000810. The Hall–Kier alpha value is 1.77. The van der Waals surface area contributed by atoms with E-state index in [1.165, 1.54) is 0 Å². The predicted molar refractivity (Wildman–Crippen MR) is 36.2 cm³/mol. The molecule has 1 fully saturated rings. The van der Waals surface area contributed by atoms with E-state index in [-0.39, 0.29) is 57.5 Å². The average Bonchev–Trinajstić information content (AvgIpc) is 1.60. The Morgan fingerprint density at radius 3 is 2.50 bits per heavy atom. The predicted octanol–water partition coefficient (Wildman–Crippen LogP) is -2.38. The fraction of sp³-hybridized carbons (Fsp3) is 1.00. The van der Waals surface area contributed by atoms with E-state index in [0.717, 1.165) is 18.9 Å². The molecule has 2 atom stereocenters. The van der Waals surface area contributed by atoms with Gasteiger partial charge in [-0.1, -0.05) is 13.0 Å². The molecule has 2 nitrogen and oxygen atoms in total. The first-order valence-corrected chi connectivity index (χ1v) is 6.01. The van der Waals surface area contributed by atoms with Crippen LogP contribution in [0.3, 0.4) is 0 Å². The quantitative estimate of drug-likeness (QED) is 0.394. The maximum absolute atomic E-state index is 11.2. The van der Waals surface area contributed by atoms with Crippen molar-refractivity contribution in [1.82, 2.24) is 0 Å². The Morgan fingerprint density at radius 2 is 2.20 bits per heavy atom. The molecule has 54 valence electrons. The summed E-state index contributed by atoms with van der Waals surface area (Å²) < 4.78 is 5.26. The molecule has 1 rings (SSSR count). The molecular weight excluding hydrogens is 171 g/mol. The van der Waals surface area contributed by atoms with Gasteiger partial charge in [0.15, 0.2) is 0 Å². The molecule has 0 saturated carbocycles. The van der Waals surface area contributed by atoms with Crippen LogP contribution < -0.4 is 56.2 Å². The molecule has 0 aliphatic carbocycles. The first-order chi connectivity index (χ1) is 4.10. The molecule has 1 aliphatic heterocycles. The van der Waals surface area contributed by atoms with Crippen molar-refractivity contribution in [1.29, 1.82) is 0 Å². The summed E-state index contributed by atoms with van der Waals surface area (Å²) in [6.45, 7) is 3.74. The molecule has 10 heavy (non-hydrogen) atoms. The van der Waals surface area contributed by atoms with Gasteiger partial charge in [-0.25, -0.2) is 0 Å². The second kappa shape index (κ2) is 4.71. The van der Waals surface area contributed by atoms with Crippen LogP contribution in [0, 0.1) is 0 Å². The molecule has 0 bridgehead atoms. The van der Waals surface area contributed by atoms with Crippen molar-refractivity contribution in [2.45, 2.75) is 38.5 Å². The maximum atomic E-state index is 11.2. The molecule has 0 radical (unpaired) electrons. The van der Waals surface area contributed by atoms with Crippen molar-refractivity contribution in [3.05, 3.63) is 0 Å². The SMILES string of the molecule is CC1CCC[Si](C)([O-])O1.[K+]. The van der Waals surface area contributed by atoms with Crippen LogP contribution in [0.2, 0.25) is 12.6 Å². The fourth-order valence-corrected chi connectivity index (χ4v) is 3.19. The van der Waals surface area contributed by atoms with Crippen LogP contribution in [0.25, 0.3) is 0 Å². The molecule has 0 aromatic carbocycles. The number of rotatable bonds is 0. The molecule has 2 unspecified atom stereocenters. The minimum Gasteiger partial charge on any atom is -0.838 e. The average molecular weight is 184 g/mol. The van der Waals surface area contributed by atoms with Gasteiger partial charge in [-0.15, -0.1) is 0 Å². The molecule has 1 heterocycles. The largest absolute Gasteiger partial charge is 1.00 e. The molecular formula is C6H13KO2Si. The summed E-state index contributed by atoms with van der Waals surface area (Å²) in [6, 6.07) is 0.803. The Morgan fingerprint density at radius 1 is 1.60 bits per heavy atom. The van der Waals surface area contributed by atoms with E-state index in [4.69, 9.17) is 4.43 Å². The van der Waals surface area contributed by atoms with Crippen LogP contribution in [-0.2, 0) is 4.43 Å². The van der Waals surface area contributed by atoms with Crippen molar-refractivity contribution in [2.24, 2.45) is 0 Å². The van der Waals surface area contributed by atoms with Gasteiger partial charge in [-0.3, -0.25) is 0 Å². The van der Waals surface area contributed by atoms with Gasteiger partial charge in [0.2, 0.25) is 0 Å². The van der Waals surface area contributed by atoms with Crippen LogP contribution in [-0.4, -0.2) is 14.7 Å². The van der Waals surface area contributed by atoms with Crippen molar-refractivity contribution < 1.29 is 60.6 Å². The summed E-state index contributed by atoms with van der Waals surface area (Å²) in [5.41, 5.74) is 0. The first kappa shape index (κ1) is 11.8. The summed E-state index contributed by atoms with van der Waals surface area (Å²) in [5, 5.41) is 0. The van der Waals surface area contributed by atoms with E-state index in [1.807, 2.05) is 6.92 Å². The number of hydrogen-bond donors (Lipinski definition) is 0. The zero-order chi connectivity index (χ0) is 6.91. The van der Waals surface area contributed by atoms with Gasteiger partial charge in [-0.2, -0.15) is 0 Å². The molecule has 0 N–H and O–H groups in total. The second-order valence-electron chi connectivity index (χ2n) is 2.95. The van der Waals surface area contributed by atoms with E-state index in [0.29, 0.717) is 0 Å². The second-order valence-corrected chi connectivity index (χ2v) is 5.96. The third-order valence-electron chi connectivity index (χ3n) is 1.69. The fourth-order valence-electron chi connectivity index (χ4n) is 1.25. The van der Waals surface area contributed by atoms with Crippen LogP contribution in [0.5, 0.6) is 0 Å². The molecule has 0 aromatic heterocycles. The van der Waals surface area contributed by atoms with E-state index >= 15 is 0 Å². The summed E-state index contributed by atoms with van der Waals surface area (Å²) in [6.07, 6.45) is 2.38. The Kier molecular flexibility index (Phi) is 5.55. The molecule has 0 amide bonds. The van der Waals surface area contributed by atoms with Gasteiger partial charge in [0, 0.05) is 6.10 Å². The Bertz CT molecular complexity index is 108. The van der Waals surface area contributed by atoms with E-state index in [2.05, 4.69) is 0 Å². The van der Waals surface area contributed by atoms with Gasteiger partial charge in [0.25, 0.3) is 0 Å². The van der Waals surface area contributed by atoms with E-state index in [1.54, 1.807) is 6.55 Å². The van der Waals surface area contributed by atoms with E-state index < -0.39 is 8.56 Å². The maximum Gasteiger partial charge on any atom is 1.00 e. The molecule has 0 spiro atoms. The molecule has 1 saturated heterocycles. The van der Waals surface area contributed by atoms with Crippen molar-refractivity contribution in [3.8, 4) is 0 Å². The normalized spacial score (nSPS) is 40.5. The third-order valence-corrected chi connectivity index (χ3v) is 3.85. The van der Waals surface area contributed by atoms with Crippen LogP contribution in [0.1, 0.15) is 19.8 Å². The zero-order valence-electron chi connectivity index (χ0n) is 7.02. The van der Waals surface area contributed by atoms with Crippen LogP contribution >= 0.6 is 0 Å². The van der Waals surface area contributed by atoms with Gasteiger partial charge in [-0.05, 0) is 19.4 Å². The van der Waals surface area contributed by atoms with Gasteiger partial charge in [0.1, 0.15) is 0 Å². The summed E-state index contributed by atoms with van der Waals surface area (Å²) in [4.78, 5) is 11.2. The van der Waals surface area contributed by atoms with Gasteiger partial charge >= 0.3 is 51.4 Å². The molecule has 0 aromatic rings. The zero-order valence-corrected chi connectivity index (χ0v) is 11.1. The smallest absolute Gasteiger partial charge is 0.838 e. The monoisotopic (exact) mass is 184 g/mol. The Labute approximate surface area is 106 Å². The van der Waals surface area contributed by atoms with Crippen LogP contribution in [0.15, 0.2) is 0 Å².